The van der Waals surface area contributed by atoms with E-state index in [2.05, 4.69) is 10.3 Å². The van der Waals surface area contributed by atoms with Gasteiger partial charge in [0, 0.05) is 0 Å². The van der Waals surface area contributed by atoms with Crippen LogP contribution in [0.15, 0.2) is 36.4 Å². The van der Waals surface area contributed by atoms with Gasteiger partial charge < -0.3 is 9.47 Å². The minimum absolute atomic E-state index is 0.139. The van der Waals surface area contributed by atoms with Crippen LogP contribution in [0.5, 0.6) is 11.5 Å². The molecule has 0 saturated carbocycles. The van der Waals surface area contributed by atoms with Crippen molar-refractivity contribution in [3.63, 3.8) is 0 Å². The highest BCUT2D eigenvalue weighted by Crippen LogP contribution is 2.36. The summed E-state index contributed by atoms with van der Waals surface area (Å²) in [6.07, 6.45) is 0. The van der Waals surface area contributed by atoms with Gasteiger partial charge in [-0.05, 0) is 30.7 Å². The lowest BCUT2D eigenvalue weighted by atomic mass is 10.2. The van der Waals surface area contributed by atoms with Gasteiger partial charge in [0.2, 0.25) is 6.79 Å². The first-order valence-electron chi connectivity index (χ1n) is 6.78. The quantitative estimate of drug-likeness (QED) is 0.785. The van der Waals surface area contributed by atoms with E-state index in [1.807, 2.05) is 25.1 Å². The topological polar surface area (TPSA) is 60.5 Å². The predicted molar refractivity (Wildman–Crippen MR) is 84.9 cm³/mol. The number of thiazole rings is 1. The fourth-order valence-corrected chi connectivity index (χ4v) is 3.35. The highest BCUT2D eigenvalue weighted by molar-refractivity contribution is 7.22. The zero-order chi connectivity index (χ0) is 15.1. The minimum atomic E-state index is -0.251. The average Bonchev–Trinajstić information content (AvgIpc) is 3.13. The molecule has 1 aliphatic rings. The van der Waals surface area contributed by atoms with Crippen molar-refractivity contribution in [2.75, 3.05) is 12.1 Å². The molecule has 3 aromatic rings. The van der Waals surface area contributed by atoms with Gasteiger partial charge in [0.05, 0.1) is 15.8 Å². The number of hydrogen-bond acceptors (Lipinski definition) is 5. The minimum Gasteiger partial charge on any atom is -0.454 e. The summed E-state index contributed by atoms with van der Waals surface area (Å²) in [4.78, 5) is 16.9. The molecular formula is C16H12N2O3S. The van der Waals surface area contributed by atoms with Gasteiger partial charge in [-0.2, -0.15) is 0 Å². The van der Waals surface area contributed by atoms with Crippen molar-refractivity contribution in [2.45, 2.75) is 6.92 Å². The number of aryl methyl sites for hydroxylation is 1. The van der Waals surface area contributed by atoms with E-state index < -0.39 is 0 Å². The van der Waals surface area contributed by atoms with E-state index in [4.69, 9.17) is 9.47 Å². The molecule has 0 bridgehead atoms. The number of carbonyl (C=O) groups excluding carboxylic acids is 1. The smallest absolute Gasteiger partial charge is 0.261 e. The first kappa shape index (κ1) is 13.1. The highest BCUT2D eigenvalue weighted by atomic mass is 32.1. The van der Waals surface area contributed by atoms with Crippen LogP contribution in [0.1, 0.15) is 15.9 Å². The number of nitrogens with zero attached hydrogens (tertiary/aromatic N) is 1. The number of aromatic nitrogens is 1. The second-order valence-electron chi connectivity index (χ2n) is 4.93. The maximum atomic E-state index is 12.5. The van der Waals surface area contributed by atoms with Crippen LogP contribution in [0.3, 0.4) is 0 Å². The van der Waals surface area contributed by atoms with Crippen molar-refractivity contribution >= 4 is 32.6 Å². The number of benzene rings is 2. The first-order chi connectivity index (χ1) is 10.7. The lowest BCUT2D eigenvalue weighted by molar-refractivity contribution is 0.102. The van der Waals surface area contributed by atoms with Crippen molar-refractivity contribution in [3.05, 3.63) is 47.5 Å². The number of nitrogens with one attached hydrogen (secondary N) is 1. The number of ether oxygens (including phenoxy) is 2. The van der Waals surface area contributed by atoms with E-state index in [0.29, 0.717) is 22.2 Å². The van der Waals surface area contributed by atoms with Gasteiger partial charge in [-0.1, -0.05) is 29.5 Å². The summed E-state index contributed by atoms with van der Waals surface area (Å²) >= 11 is 1.45. The molecule has 0 fully saturated rings. The molecule has 0 spiro atoms. The van der Waals surface area contributed by atoms with Gasteiger partial charge in [0.15, 0.2) is 16.6 Å². The Bertz CT molecular complexity index is 888. The zero-order valence-electron chi connectivity index (χ0n) is 11.8. The fourth-order valence-electron chi connectivity index (χ4n) is 2.41. The van der Waals surface area contributed by atoms with Crippen molar-refractivity contribution in [2.24, 2.45) is 0 Å². The number of rotatable bonds is 2. The Balaban J connectivity index is 1.67. The Morgan fingerprint density at radius 1 is 1.23 bits per heavy atom. The Labute approximate surface area is 130 Å². The largest absolute Gasteiger partial charge is 0.454 e. The lowest BCUT2D eigenvalue weighted by Gasteiger charge is -2.04. The molecule has 6 heteroatoms. The number of hydrogen-bond donors (Lipinski definition) is 1. The Morgan fingerprint density at radius 3 is 2.95 bits per heavy atom. The normalized spacial score (nSPS) is 12.6. The van der Waals surface area contributed by atoms with Crippen molar-refractivity contribution < 1.29 is 14.3 Å². The summed E-state index contributed by atoms with van der Waals surface area (Å²) < 4.78 is 11.7. The molecule has 1 aromatic heterocycles. The second kappa shape index (κ2) is 4.99. The Hall–Kier alpha value is -2.60. The molecule has 110 valence electrons. The lowest BCUT2D eigenvalue weighted by Crippen LogP contribution is -2.12. The molecule has 0 saturated heterocycles. The van der Waals surface area contributed by atoms with Crippen molar-refractivity contribution in [1.29, 1.82) is 0 Å². The van der Waals surface area contributed by atoms with E-state index in [9.17, 15) is 4.79 Å². The van der Waals surface area contributed by atoms with Crippen LogP contribution in [0.2, 0.25) is 0 Å². The van der Waals surface area contributed by atoms with Gasteiger partial charge in [0.25, 0.3) is 5.91 Å². The molecule has 5 nitrogen and oxygen atoms in total. The monoisotopic (exact) mass is 312 g/mol. The molecule has 2 heterocycles. The van der Waals surface area contributed by atoms with Crippen molar-refractivity contribution in [3.8, 4) is 11.5 Å². The van der Waals surface area contributed by atoms with Gasteiger partial charge in [-0.15, -0.1) is 0 Å². The summed E-state index contributed by atoms with van der Waals surface area (Å²) in [6.45, 7) is 2.14. The predicted octanol–water partition coefficient (Wildman–Crippen LogP) is 3.59. The van der Waals surface area contributed by atoms with Crippen LogP contribution in [-0.2, 0) is 0 Å². The van der Waals surface area contributed by atoms with Gasteiger partial charge in [-0.25, -0.2) is 4.98 Å². The molecule has 1 N–H and O–H groups in total. The maximum absolute atomic E-state index is 12.5. The van der Waals surface area contributed by atoms with Crippen molar-refractivity contribution in [1.82, 2.24) is 4.98 Å². The maximum Gasteiger partial charge on any atom is 0.261 e. The van der Waals surface area contributed by atoms with Gasteiger partial charge in [-0.3, -0.25) is 10.1 Å². The van der Waals surface area contributed by atoms with Gasteiger partial charge >= 0.3 is 0 Å². The van der Waals surface area contributed by atoms with Crippen LogP contribution >= 0.6 is 11.3 Å². The molecule has 0 unspecified atom stereocenters. The summed E-state index contributed by atoms with van der Waals surface area (Å²) in [5, 5.41) is 3.41. The average molecular weight is 312 g/mol. The molecule has 2 aromatic carbocycles. The van der Waals surface area contributed by atoms with Crippen LogP contribution < -0.4 is 14.8 Å². The van der Waals surface area contributed by atoms with E-state index >= 15 is 0 Å². The Kier molecular flexibility index (Phi) is 2.97. The number of amides is 1. The summed E-state index contributed by atoms with van der Waals surface area (Å²) in [5.41, 5.74) is 2.46. The molecule has 0 radical (unpaired) electrons. The third kappa shape index (κ3) is 2.08. The second-order valence-corrected chi connectivity index (χ2v) is 5.96. The van der Waals surface area contributed by atoms with Crippen LogP contribution in [0, 0.1) is 6.92 Å². The molecule has 1 aliphatic heterocycles. The van der Waals surface area contributed by atoms with Gasteiger partial charge in [0.1, 0.15) is 0 Å². The number of anilines is 1. The molecule has 1 amide bonds. The van der Waals surface area contributed by atoms with Crippen LogP contribution in [0.25, 0.3) is 10.2 Å². The molecule has 22 heavy (non-hydrogen) atoms. The summed E-state index contributed by atoms with van der Waals surface area (Å²) in [7, 11) is 0. The molecular weight excluding hydrogens is 300 g/mol. The number of carbonyl (C=O) groups is 1. The van der Waals surface area contributed by atoms with E-state index in [-0.39, 0.29) is 12.7 Å². The number of para-hydroxylation sites is 2. The highest BCUT2D eigenvalue weighted by Gasteiger charge is 2.22. The SMILES string of the molecule is Cc1cccc2sc(NC(=O)c3cccc4c3OCO4)nc12. The number of fused-ring (bicyclic) bond motifs is 2. The summed E-state index contributed by atoms with van der Waals surface area (Å²) in [5.74, 6) is 0.823. The summed E-state index contributed by atoms with van der Waals surface area (Å²) in [6, 6.07) is 11.2. The van der Waals surface area contributed by atoms with E-state index in [1.54, 1.807) is 18.2 Å². The van der Waals surface area contributed by atoms with Crippen LogP contribution in [0.4, 0.5) is 5.13 Å². The van der Waals surface area contributed by atoms with E-state index in [1.165, 1.54) is 11.3 Å². The third-order valence-electron chi connectivity index (χ3n) is 3.48. The zero-order valence-corrected chi connectivity index (χ0v) is 12.6. The Morgan fingerprint density at radius 2 is 2.09 bits per heavy atom. The first-order valence-corrected chi connectivity index (χ1v) is 7.60. The molecule has 0 aliphatic carbocycles. The molecule has 0 atom stereocenters. The third-order valence-corrected chi connectivity index (χ3v) is 4.42. The van der Waals surface area contributed by atoms with E-state index in [0.717, 1.165) is 15.8 Å². The standard InChI is InChI=1S/C16H12N2O3S/c1-9-4-2-7-12-13(9)17-16(22-12)18-15(19)10-5-3-6-11-14(10)21-8-20-11/h2-7H,8H2,1H3,(H,17,18,19). The fraction of sp³-hybridized carbons (Fsp3) is 0.125. The van der Waals surface area contributed by atoms with Crippen LogP contribution in [-0.4, -0.2) is 17.7 Å². The molecule has 4 rings (SSSR count).